The van der Waals surface area contributed by atoms with Crippen LogP contribution in [-0.4, -0.2) is 29.4 Å². The number of carbonyl (C=O) groups excluding carboxylic acids is 1. The van der Waals surface area contributed by atoms with Gasteiger partial charge in [-0.15, -0.1) is 23.1 Å². The molecule has 18 heavy (non-hydrogen) atoms. The fourth-order valence-corrected chi connectivity index (χ4v) is 3.25. The van der Waals surface area contributed by atoms with Gasteiger partial charge in [0, 0.05) is 17.2 Å². The third-order valence-electron chi connectivity index (χ3n) is 2.34. The molecule has 2 N–H and O–H groups in total. The molecule has 1 atom stereocenters. The number of nitrogens with one attached hydrogen (secondary N) is 1. The first-order valence-electron chi connectivity index (χ1n) is 6.12. The van der Waals surface area contributed by atoms with Crippen LogP contribution in [0.3, 0.4) is 0 Å². The maximum atomic E-state index is 11.5. The van der Waals surface area contributed by atoms with Crippen LogP contribution < -0.4 is 5.32 Å². The molecule has 0 aromatic carbocycles. The summed E-state index contributed by atoms with van der Waals surface area (Å²) in [6, 6.07) is 4.09. The molecule has 1 aromatic rings. The monoisotopic (exact) mass is 287 g/mol. The van der Waals surface area contributed by atoms with Crippen molar-refractivity contribution in [1.82, 2.24) is 5.32 Å². The van der Waals surface area contributed by atoms with E-state index < -0.39 is 6.10 Å². The van der Waals surface area contributed by atoms with Crippen molar-refractivity contribution >= 4 is 29.0 Å². The van der Waals surface area contributed by atoms with Crippen molar-refractivity contribution < 1.29 is 9.90 Å². The Morgan fingerprint density at radius 2 is 2.33 bits per heavy atom. The van der Waals surface area contributed by atoms with Crippen LogP contribution in [0.5, 0.6) is 0 Å². The molecule has 5 heteroatoms. The Morgan fingerprint density at radius 1 is 1.56 bits per heavy atom. The molecule has 0 aliphatic carbocycles. The molecular weight excluding hydrogens is 266 g/mol. The van der Waals surface area contributed by atoms with E-state index in [-0.39, 0.29) is 5.91 Å². The van der Waals surface area contributed by atoms with E-state index in [0.29, 0.717) is 18.2 Å². The van der Waals surface area contributed by atoms with E-state index in [1.165, 1.54) is 4.88 Å². The smallest absolute Gasteiger partial charge is 0.230 e. The third kappa shape index (κ3) is 7.03. The molecule has 1 heterocycles. The zero-order valence-electron chi connectivity index (χ0n) is 10.9. The summed E-state index contributed by atoms with van der Waals surface area (Å²) in [5.41, 5.74) is 0. The van der Waals surface area contributed by atoms with Gasteiger partial charge in [-0.2, -0.15) is 0 Å². The summed E-state index contributed by atoms with van der Waals surface area (Å²) in [7, 11) is 0. The van der Waals surface area contributed by atoms with Gasteiger partial charge in [0.25, 0.3) is 0 Å². The quantitative estimate of drug-likeness (QED) is 0.772. The number of thioether (sulfide) groups is 1. The lowest BCUT2D eigenvalue weighted by atomic mass is 10.1. The molecule has 0 aliphatic heterocycles. The molecule has 0 spiro atoms. The Bertz CT molecular complexity index is 339. The van der Waals surface area contributed by atoms with Gasteiger partial charge in [0.2, 0.25) is 5.91 Å². The highest BCUT2D eigenvalue weighted by Gasteiger charge is 2.09. The number of amides is 1. The molecule has 0 bridgehead atoms. The van der Waals surface area contributed by atoms with Crippen LogP contribution in [0.1, 0.15) is 25.1 Å². The maximum Gasteiger partial charge on any atom is 0.230 e. The lowest BCUT2D eigenvalue weighted by Crippen LogP contribution is -2.33. The van der Waals surface area contributed by atoms with Crippen LogP contribution in [0.4, 0.5) is 0 Å². The van der Waals surface area contributed by atoms with Crippen molar-refractivity contribution in [3.8, 4) is 0 Å². The topological polar surface area (TPSA) is 49.3 Å². The van der Waals surface area contributed by atoms with Crippen molar-refractivity contribution in [1.29, 1.82) is 0 Å². The van der Waals surface area contributed by atoms with Crippen LogP contribution in [0.2, 0.25) is 0 Å². The minimum Gasteiger partial charge on any atom is -0.391 e. The van der Waals surface area contributed by atoms with Gasteiger partial charge >= 0.3 is 0 Å². The van der Waals surface area contributed by atoms with E-state index in [4.69, 9.17) is 0 Å². The Labute approximate surface area is 117 Å². The standard InChI is InChI=1S/C13H21NO2S2/c1-10(2)6-11(15)7-14-13(16)9-17-8-12-4-3-5-18-12/h3-5,10-11,15H,6-9H2,1-2H3,(H,14,16). The van der Waals surface area contributed by atoms with E-state index in [2.05, 4.69) is 25.2 Å². The number of rotatable bonds is 8. The second-order valence-corrected chi connectivity index (χ2v) is 6.68. The highest BCUT2D eigenvalue weighted by molar-refractivity contribution is 7.99. The predicted octanol–water partition coefficient (Wildman–Crippen LogP) is 2.50. The lowest BCUT2D eigenvalue weighted by molar-refractivity contribution is -0.119. The number of thiophene rings is 1. The van der Waals surface area contributed by atoms with Gasteiger partial charge in [-0.1, -0.05) is 19.9 Å². The average molecular weight is 287 g/mol. The van der Waals surface area contributed by atoms with Gasteiger partial charge in [-0.3, -0.25) is 4.79 Å². The molecule has 0 fully saturated rings. The molecule has 102 valence electrons. The number of aliphatic hydroxyl groups excluding tert-OH is 1. The number of aliphatic hydroxyl groups is 1. The minimum absolute atomic E-state index is 0.000591. The molecule has 0 aliphatic rings. The van der Waals surface area contributed by atoms with Gasteiger partial charge in [-0.25, -0.2) is 0 Å². The fourth-order valence-electron chi connectivity index (χ4n) is 1.55. The lowest BCUT2D eigenvalue weighted by Gasteiger charge is -2.13. The van der Waals surface area contributed by atoms with E-state index in [1.54, 1.807) is 23.1 Å². The first-order valence-corrected chi connectivity index (χ1v) is 8.16. The van der Waals surface area contributed by atoms with Crippen molar-refractivity contribution in [3.63, 3.8) is 0 Å². The molecule has 1 aromatic heterocycles. The second-order valence-electron chi connectivity index (χ2n) is 4.66. The average Bonchev–Trinajstić information content (AvgIpc) is 2.78. The Balaban J connectivity index is 2.07. The predicted molar refractivity (Wildman–Crippen MR) is 79.0 cm³/mol. The summed E-state index contributed by atoms with van der Waals surface area (Å²) in [5, 5.41) is 14.4. The summed E-state index contributed by atoms with van der Waals surface area (Å²) in [5.74, 6) is 1.77. The van der Waals surface area contributed by atoms with Gasteiger partial charge in [-0.05, 0) is 23.8 Å². The third-order valence-corrected chi connectivity index (χ3v) is 4.38. The highest BCUT2D eigenvalue weighted by atomic mass is 32.2. The van der Waals surface area contributed by atoms with E-state index in [0.717, 1.165) is 12.2 Å². The molecule has 0 saturated heterocycles. The summed E-state index contributed by atoms with van der Waals surface area (Å²) in [6.45, 7) is 4.47. The van der Waals surface area contributed by atoms with Crippen molar-refractivity contribution in [3.05, 3.63) is 22.4 Å². The zero-order chi connectivity index (χ0) is 13.4. The van der Waals surface area contributed by atoms with Crippen LogP contribution in [0.25, 0.3) is 0 Å². The van der Waals surface area contributed by atoms with Gasteiger partial charge in [0.05, 0.1) is 11.9 Å². The largest absolute Gasteiger partial charge is 0.391 e. The summed E-state index contributed by atoms with van der Waals surface area (Å²) >= 11 is 3.31. The number of carbonyl (C=O) groups is 1. The maximum absolute atomic E-state index is 11.5. The molecule has 0 radical (unpaired) electrons. The van der Waals surface area contributed by atoms with Crippen LogP contribution in [-0.2, 0) is 10.5 Å². The minimum atomic E-state index is -0.434. The van der Waals surface area contributed by atoms with Crippen molar-refractivity contribution in [2.75, 3.05) is 12.3 Å². The normalized spacial score (nSPS) is 12.7. The molecule has 1 rings (SSSR count). The molecule has 0 saturated carbocycles. The Hall–Kier alpha value is -0.520. The molecule has 1 unspecified atom stereocenters. The second kappa shape index (κ2) is 8.56. The zero-order valence-corrected chi connectivity index (χ0v) is 12.5. The molecule has 1 amide bonds. The number of hydrogen-bond donors (Lipinski definition) is 2. The molecular formula is C13H21NO2S2. The van der Waals surface area contributed by atoms with Crippen molar-refractivity contribution in [2.45, 2.75) is 32.1 Å². The van der Waals surface area contributed by atoms with Gasteiger partial charge in [0.15, 0.2) is 0 Å². The van der Waals surface area contributed by atoms with Crippen LogP contribution in [0.15, 0.2) is 17.5 Å². The molecule has 3 nitrogen and oxygen atoms in total. The summed E-state index contributed by atoms with van der Waals surface area (Å²) < 4.78 is 0. The fraction of sp³-hybridized carbons (Fsp3) is 0.615. The summed E-state index contributed by atoms with van der Waals surface area (Å²) in [4.78, 5) is 12.8. The van der Waals surface area contributed by atoms with Gasteiger partial charge in [0.1, 0.15) is 0 Å². The number of hydrogen-bond acceptors (Lipinski definition) is 4. The van der Waals surface area contributed by atoms with E-state index in [1.807, 2.05) is 11.4 Å². The van der Waals surface area contributed by atoms with E-state index >= 15 is 0 Å². The first-order chi connectivity index (χ1) is 8.58. The van der Waals surface area contributed by atoms with Gasteiger partial charge < -0.3 is 10.4 Å². The Kier molecular flexibility index (Phi) is 7.39. The van der Waals surface area contributed by atoms with E-state index in [9.17, 15) is 9.90 Å². The SMILES string of the molecule is CC(C)CC(O)CNC(=O)CSCc1cccs1. The first kappa shape index (κ1) is 15.5. The highest BCUT2D eigenvalue weighted by Crippen LogP contribution is 2.16. The van der Waals surface area contributed by atoms with Crippen molar-refractivity contribution in [2.24, 2.45) is 5.92 Å². The van der Waals surface area contributed by atoms with Crippen LogP contribution >= 0.6 is 23.1 Å². The van der Waals surface area contributed by atoms with Crippen LogP contribution in [0, 0.1) is 5.92 Å². The Morgan fingerprint density at radius 3 is 2.94 bits per heavy atom. The summed E-state index contributed by atoms with van der Waals surface area (Å²) in [6.07, 6.45) is 0.291.